The van der Waals surface area contributed by atoms with Crippen LogP contribution in [-0.4, -0.2) is 33.3 Å². The molecule has 1 aliphatic heterocycles. The minimum atomic E-state index is -4.65. The quantitative estimate of drug-likeness (QED) is 0.544. The van der Waals surface area contributed by atoms with Crippen LogP contribution in [0.15, 0.2) is 18.2 Å². The van der Waals surface area contributed by atoms with E-state index in [-0.39, 0.29) is 66.1 Å². The highest BCUT2D eigenvalue weighted by atomic mass is 35.5. The molecule has 4 nitrogen and oxygen atoms in total. The molecule has 0 bridgehead atoms. The number of carbonyl (C=O) groups is 1. The highest BCUT2D eigenvalue weighted by molar-refractivity contribution is 6.30. The van der Waals surface area contributed by atoms with Gasteiger partial charge in [-0.25, -0.2) is 8.78 Å². The van der Waals surface area contributed by atoms with Crippen LogP contribution in [0.2, 0.25) is 5.02 Å². The maximum atomic E-state index is 14.3. The van der Waals surface area contributed by atoms with Crippen LogP contribution in [0.4, 0.5) is 22.0 Å². The molecule has 1 amide bonds. The Morgan fingerprint density at radius 3 is 2.56 bits per heavy atom. The minimum absolute atomic E-state index is 0.0229. The molecule has 10 heteroatoms. The van der Waals surface area contributed by atoms with E-state index in [1.165, 1.54) is 17.0 Å². The average Bonchev–Trinajstić information content (AvgIpc) is 3.10. The van der Waals surface area contributed by atoms with Gasteiger partial charge in [-0.2, -0.15) is 18.3 Å². The fourth-order valence-electron chi connectivity index (χ4n) is 4.56. The summed E-state index contributed by atoms with van der Waals surface area (Å²) in [5.74, 6) is -0.700. The zero-order valence-electron chi connectivity index (χ0n) is 17.3. The Hall–Kier alpha value is -2.16. The summed E-state index contributed by atoms with van der Waals surface area (Å²) in [6.07, 6.45) is -3.03. The van der Waals surface area contributed by atoms with E-state index in [0.717, 1.165) is 10.7 Å². The van der Waals surface area contributed by atoms with Crippen molar-refractivity contribution in [3.8, 4) is 0 Å². The summed E-state index contributed by atoms with van der Waals surface area (Å²) in [7, 11) is 0. The fraction of sp³-hybridized carbons (Fsp3) is 0.545. The number of benzene rings is 1. The van der Waals surface area contributed by atoms with Crippen LogP contribution < -0.4 is 0 Å². The summed E-state index contributed by atoms with van der Waals surface area (Å²) in [5.41, 5.74) is -0.525. The zero-order valence-corrected chi connectivity index (χ0v) is 18.0. The van der Waals surface area contributed by atoms with Gasteiger partial charge in [-0.1, -0.05) is 17.7 Å². The van der Waals surface area contributed by atoms with Crippen molar-refractivity contribution in [1.29, 1.82) is 0 Å². The van der Waals surface area contributed by atoms with Gasteiger partial charge in [0.25, 0.3) is 0 Å². The minimum Gasteiger partial charge on any atom is -0.336 e. The number of nitrogens with zero attached hydrogens (tertiary/aromatic N) is 3. The molecule has 0 N–H and O–H groups in total. The number of rotatable bonds is 4. The first-order valence-electron chi connectivity index (χ1n) is 10.6. The number of hydrogen-bond acceptors (Lipinski definition) is 2. The van der Waals surface area contributed by atoms with E-state index in [1.54, 1.807) is 0 Å². The van der Waals surface area contributed by atoms with E-state index >= 15 is 0 Å². The summed E-state index contributed by atoms with van der Waals surface area (Å²) in [6.45, 7) is -0.0662. The molecule has 2 heterocycles. The molecule has 2 aromatic rings. The van der Waals surface area contributed by atoms with E-state index in [9.17, 15) is 26.7 Å². The number of amides is 1. The van der Waals surface area contributed by atoms with E-state index in [4.69, 9.17) is 11.6 Å². The molecule has 0 radical (unpaired) electrons. The van der Waals surface area contributed by atoms with E-state index in [1.807, 2.05) is 0 Å². The molecule has 0 saturated heterocycles. The highest BCUT2D eigenvalue weighted by Crippen LogP contribution is 2.36. The monoisotopic (exact) mass is 475 g/mol. The van der Waals surface area contributed by atoms with Gasteiger partial charge in [-0.15, -0.1) is 0 Å². The van der Waals surface area contributed by atoms with Gasteiger partial charge in [0.1, 0.15) is 12.0 Å². The largest absolute Gasteiger partial charge is 0.435 e. The SMILES string of the molecule is O=C(CC1CCC(F)CC1)N1CCc2c(C(F)(F)F)nn(Cc3ccc(Cl)cc3F)c2C1. The number of alkyl halides is 4. The molecule has 4 rings (SSSR count). The molecule has 1 aromatic carbocycles. The van der Waals surface area contributed by atoms with Gasteiger partial charge < -0.3 is 4.90 Å². The van der Waals surface area contributed by atoms with Crippen LogP contribution in [0, 0.1) is 11.7 Å². The Balaban J connectivity index is 1.56. The van der Waals surface area contributed by atoms with Crippen molar-refractivity contribution >= 4 is 17.5 Å². The number of carbonyl (C=O) groups excluding carboxylic acids is 1. The third-order valence-corrected chi connectivity index (χ3v) is 6.57. The van der Waals surface area contributed by atoms with E-state index in [2.05, 4.69) is 5.10 Å². The third-order valence-electron chi connectivity index (χ3n) is 6.33. The summed E-state index contributed by atoms with van der Waals surface area (Å²) >= 11 is 5.77. The van der Waals surface area contributed by atoms with Crippen molar-refractivity contribution in [3.63, 3.8) is 0 Å². The van der Waals surface area contributed by atoms with Crippen molar-refractivity contribution in [2.24, 2.45) is 5.92 Å². The van der Waals surface area contributed by atoms with Crippen LogP contribution in [-0.2, 0) is 30.5 Å². The van der Waals surface area contributed by atoms with Crippen LogP contribution >= 0.6 is 11.6 Å². The van der Waals surface area contributed by atoms with Crippen LogP contribution in [0.3, 0.4) is 0 Å². The second-order valence-corrected chi connectivity index (χ2v) is 8.99. The summed E-state index contributed by atoms with van der Waals surface area (Å²) in [6, 6.07) is 3.97. The molecular formula is C22H23ClF5N3O. The lowest BCUT2D eigenvalue weighted by Gasteiger charge is -2.31. The molecule has 1 aliphatic carbocycles. The topological polar surface area (TPSA) is 38.1 Å². The number of halogens is 6. The van der Waals surface area contributed by atoms with Crippen molar-refractivity contribution in [1.82, 2.24) is 14.7 Å². The van der Waals surface area contributed by atoms with E-state index < -0.39 is 23.9 Å². The molecular weight excluding hydrogens is 453 g/mol. The summed E-state index contributed by atoms with van der Waals surface area (Å²) < 4.78 is 69.5. The van der Waals surface area contributed by atoms with Gasteiger partial charge in [0.05, 0.1) is 18.8 Å². The molecule has 1 saturated carbocycles. The maximum absolute atomic E-state index is 14.3. The van der Waals surface area contributed by atoms with Crippen LogP contribution in [0.5, 0.6) is 0 Å². The van der Waals surface area contributed by atoms with Crippen molar-refractivity contribution in [2.75, 3.05) is 6.54 Å². The second kappa shape index (κ2) is 9.00. The Kier molecular flexibility index (Phi) is 6.47. The Bertz CT molecular complexity index is 998. The normalized spacial score (nSPS) is 21.5. The first kappa shape index (κ1) is 23.0. The lowest BCUT2D eigenvalue weighted by molar-refractivity contribution is -0.142. The molecule has 2 aliphatic rings. The Labute approximate surface area is 187 Å². The van der Waals surface area contributed by atoms with Crippen molar-refractivity contribution in [3.05, 3.63) is 51.6 Å². The second-order valence-electron chi connectivity index (χ2n) is 8.55. The standard InChI is InChI=1S/C22H23ClF5N3O/c23-15-4-3-14(18(25)10-15)11-31-19-12-30(8-7-17(19)21(29-31)22(26,27)28)20(32)9-13-1-5-16(24)6-2-13/h3-4,10,13,16H,1-2,5-9,11-12H2. The molecule has 1 aromatic heterocycles. The first-order valence-corrected chi connectivity index (χ1v) is 11.0. The predicted molar refractivity (Wildman–Crippen MR) is 108 cm³/mol. The van der Waals surface area contributed by atoms with E-state index in [0.29, 0.717) is 25.7 Å². The summed E-state index contributed by atoms with van der Waals surface area (Å²) in [4.78, 5) is 14.4. The van der Waals surface area contributed by atoms with Gasteiger partial charge in [0, 0.05) is 29.1 Å². The van der Waals surface area contributed by atoms with Gasteiger partial charge in [0.2, 0.25) is 5.91 Å². The summed E-state index contributed by atoms with van der Waals surface area (Å²) in [5, 5.41) is 3.94. The Morgan fingerprint density at radius 2 is 1.91 bits per heavy atom. The third kappa shape index (κ3) is 4.92. The molecule has 0 spiro atoms. The smallest absolute Gasteiger partial charge is 0.336 e. The molecule has 32 heavy (non-hydrogen) atoms. The maximum Gasteiger partial charge on any atom is 0.435 e. The van der Waals surface area contributed by atoms with Gasteiger partial charge >= 0.3 is 6.18 Å². The van der Waals surface area contributed by atoms with Crippen LogP contribution in [0.1, 0.15) is 54.6 Å². The molecule has 0 unspecified atom stereocenters. The van der Waals surface area contributed by atoms with Gasteiger partial charge in [-0.3, -0.25) is 9.48 Å². The lowest BCUT2D eigenvalue weighted by Crippen LogP contribution is -2.38. The highest BCUT2D eigenvalue weighted by Gasteiger charge is 2.41. The predicted octanol–water partition coefficient (Wildman–Crippen LogP) is 5.55. The Morgan fingerprint density at radius 1 is 1.19 bits per heavy atom. The molecule has 174 valence electrons. The number of hydrogen-bond donors (Lipinski definition) is 0. The number of aromatic nitrogens is 2. The fourth-order valence-corrected chi connectivity index (χ4v) is 4.72. The van der Waals surface area contributed by atoms with Gasteiger partial charge in [-0.05, 0) is 50.2 Å². The van der Waals surface area contributed by atoms with Gasteiger partial charge in [0.15, 0.2) is 5.69 Å². The van der Waals surface area contributed by atoms with Crippen molar-refractivity contribution in [2.45, 2.75) is 64.0 Å². The van der Waals surface area contributed by atoms with Crippen LogP contribution in [0.25, 0.3) is 0 Å². The van der Waals surface area contributed by atoms with Crippen molar-refractivity contribution < 1.29 is 26.7 Å². The first-order chi connectivity index (χ1) is 15.1. The molecule has 0 atom stereocenters. The zero-order chi connectivity index (χ0) is 23.0. The number of fused-ring (bicyclic) bond motifs is 1. The lowest BCUT2D eigenvalue weighted by atomic mass is 9.85. The average molecular weight is 476 g/mol. The molecule has 1 fully saturated rings.